The van der Waals surface area contributed by atoms with Crippen LogP contribution in [0.3, 0.4) is 0 Å². The summed E-state index contributed by atoms with van der Waals surface area (Å²) in [5.74, 6) is 5.49. The maximum Gasteiger partial charge on any atom is 0.0685 e. The van der Waals surface area contributed by atoms with Crippen molar-refractivity contribution in [1.29, 1.82) is 0 Å². The summed E-state index contributed by atoms with van der Waals surface area (Å²) in [6.45, 7) is 7.49. The van der Waals surface area contributed by atoms with E-state index in [2.05, 4.69) is 50.2 Å². The molecule has 0 aromatic heterocycles. The van der Waals surface area contributed by atoms with Crippen LogP contribution in [0.2, 0.25) is 0 Å². The fourth-order valence-corrected chi connectivity index (χ4v) is 3.43. The van der Waals surface area contributed by atoms with Crippen LogP contribution in [0.15, 0.2) is 46.6 Å². The Bertz CT molecular complexity index is 636. The predicted octanol–water partition coefficient (Wildman–Crippen LogP) is 4.24. The summed E-state index contributed by atoms with van der Waals surface area (Å²) in [6, 6.07) is 8.32. The molecule has 4 N–H and O–H groups in total. The quantitative estimate of drug-likeness (QED) is 0.485. The normalized spacial score (nSPS) is 18.7. The molecule has 0 fully saturated rings. The number of hydrogen-bond donors (Lipinski definition) is 2. The van der Waals surface area contributed by atoms with E-state index in [0.717, 1.165) is 11.3 Å². The fraction of sp³-hybridized carbons (Fsp3) is 0.450. The Hall–Kier alpha value is -1.87. The third kappa shape index (κ3) is 4.32. The van der Waals surface area contributed by atoms with E-state index in [1.807, 2.05) is 12.1 Å². The Kier molecular flexibility index (Phi) is 5.78. The number of rotatable bonds is 5. The van der Waals surface area contributed by atoms with Gasteiger partial charge in [0.25, 0.3) is 0 Å². The highest BCUT2D eigenvalue weighted by atomic mass is 15.1. The van der Waals surface area contributed by atoms with Crippen molar-refractivity contribution in [2.24, 2.45) is 22.1 Å². The second-order valence-corrected chi connectivity index (χ2v) is 7.00. The minimum absolute atomic E-state index is 0.264. The highest BCUT2D eigenvalue weighted by Crippen LogP contribution is 2.40. The number of nitrogens with two attached hydrogens (primary N) is 2. The van der Waals surface area contributed by atoms with E-state index in [1.54, 1.807) is 0 Å². The first-order valence-corrected chi connectivity index (χ1v) is 8.43. The molecule has 0 unspecified atom stereocenters. The van der Waals surface area contributed by atoms with Crippen LogP contribution in [0.4, 0.5) is 0 Å². The van der Waals surface area contributed by atoms with Crippen LogP contribution in [0, 0.1) is 5.41 Å². The first-order valence-electron chi connectivity index (χ1n) is 8.43. The molecular formula is C20H29N3. The van der Waals surface area contributed by atoms with Crippen molar-refractivity contribution in [2.45, 2.75) is 46.5 Å². The van der Waals surface area contributed by atoms with Gasteiger partial charge in [-0.15, -0.1) is 0 Å². The Morgan fingerprint density at radius 2 is 2.09 bits per heavy atom. The van der Waals surface area contributed by atoms with E-state index in [-0.39, 0.29) is 5.41 Å². The molecule has 0 aliphatic heterocycles. The maximum absolute atomic E-state index is 5.63. The van der Waals surface area contributed by atoms with E-state index >= 15 is 0 Å². The van der Waals surface area contributed by atoms with Crippen molar-refractivity contribution < 1.29 is 0 Å². The number of hydrogen-bond acceptors (Lipinski definition) is 3. The van der Waals surface area contributed by atoms with Gasteiger partial charge in [-0.2, -0.15) is 5.10 Å². The summed E-state index contributed by atoms with van der Waals surface area (Å²) >= 11 is 0. The molecule has 0 spiro atoms. The number of allylic oxidation sites excluding steroid dienone is 3. The molecule has 0 atom stereocenters. The standard InChI is InChI=1S/C20H29N3/c1-15-6-5-12-20(2,3)18(15)10-9-16-7-4-8-17(14-16)19(23-22)11-13-21/h4,7-10,14H,5-6,11-13,21-22H2,1-3H3/b10-9-,23-19-. The van der Waals surface area contributed by atoms with Crippen molar-refractivity contribution >= 4 is 11.8 Å². The lowest BCUT2D eigenvalue weighted by molar-refractivity contribution is 0.377. The summed E-state index contributed by atoms with van der Waals surface area (Å²) in [6.07, 6.45) is 8.94. The van der Waals surface area contributed by atoms with Gasteiger partial charge in [-0.1, -0.05) is 49.8 Å². The zero-order valence-electron chi connectivity index (χ0n) is 14.6. The van der Waals surface area contributed by atoms with Gasteiger partial charge in [-0.05, 0) is 60.9 Å². The Morgan fingerprint density at radius 3 is 2.74 bits per heavy atom. The molecule has 0 saturated heterocycles. The summed E-state index contributed by atoms with van der Waals surface area (Å²) in [4.78, 5) is 0. The van der Waals surface area contributed by atoms with Gasteiger partial charge >= 0.3 is 0 Å². The molecule has 23 heavy (non-hydrogen) atoms. The minimum atomic E-state index is 0.264. The summed E-state index contributed by atoms with van der Waals surface area (Å²) in [7, 11) is 0. The highest BCUT2D eigenvalue weighted by Gasteiger charge is 2.26. The van der Waals surface area contributed by atoms with Gasteiger partial charge in [0.05, 0.1) is 5.71 Å². The predicted molar refractivity (Wildman–Crippen MR) is 100 cm³/mol. The van der Waals surface area contributed by atoms with E-state index in [9.17, 15) is 0 Å². The molecule has 1 aliphatic carbocycles. The molecule has 1 aromatic rings. The number of hydrazone groups is 1. The molecule has 124 valence electrons. The second-order valence-electron chi connectivity index (χ2n) is 7.00. The lowest BCUT2D eigenvalue weighted by Crippen LogP contribution is -2.18. The first-order chi connectivity index (χ1) is 11.0. The van der Waals surface area contributed by atoms with Crippen LogP contribution in [0.1, 0.15) is 57.6 Å². The van der Waals surface area contributed by atoms with E-state index < -0.39 is 0 Å². The van der Waals surface area contributed by atoms with E-state index in [1.165, 1.54) is 36.0 Å². The van der Waals surface area contributed by atoms with Gasteiger partial charge in [0, 0.05) is 6.42 Å². The van der Waals surface area contributed by atoms with Crippen LogP contribution in [0.25, 0.3) is 6.08 Å². The van der Waals surface area contributed by atoms with Crippen molar-refractivity contribution in [3.8, 4) is 0 Å². The van der Waals surface area contributed by atoms with Crippen LogP contribution in [0.5, 0.6) is 0 Å². The number of benzene rings is 1. The molecule has 3 heteroatoms. The average molecular weight is 311 g/mol. The average Bonchev–Trinajstić information content (AvgIpc) is 2.52. The van der Waals surface area contributed by atoms with Gasteiger partial charge in [-0.3, -0.25) is 0 Å². The van der Waals surface area contributed by atoms with Gasteiger partial charge < -0.3 is 11.6 Å². The van der Waals surface area contributed by atoms with Crippen LogP contribution in [-0.4, -0.2) is 12.3 Å². The van der Waals surface area contributed by atoms with Gasteiger partial charge in [0.1, 0.15) is 0 Å². The van der Waals surface area contributed by atoms with Gasteiger partial charge in [0.2, 0.25) is 0 Å². The Morgan fingerprint density at radius 1 is 1.30 bits per heavy atom. The lowest BCUT2D eigenvalue weighted by atomic mass is 9.72. The molecule has 0 bridgehead atoms. The lowest BCUT2D eigenvalue weighted by Gasteiger charge is -2.32. The van der Waals surface area contributed by atoms with Crippen LogP contribution in [-0.2, 0) is 0 Å². The third-order valence-electron chi connectivity index (χ3n) is 4.74. The maximum atomic E-state index is 5.63. The largest absolute Gasteiger partial charge is 0.330 e. The zero-order chi connectivity index (χ0) is 16.9. The first kappa shape index (κ1) is 17.5. The van der Waals surface area contributed by atoms with E-state index in [0.29, 0.717) is 13.0 Å². The van der Waals surface area contributed by atoms with Crippen molar-refractivity contribution in [2.75, 3.05) is 6.54 Å². The van der Waals surface area contributed by atoms with Crippen molar-refractivity contribution in [1.82, 2.24) is 0 Å². The molecule has 2 rings (SSSR count). The Balaban J connectivity index is 2.27. The summed E-state index contributed by atoms with van der Waals surface area (Å²) in [5.41, 5.74) is 12.0. The SMILES string of the molecule is CC1=C(/C=C\c2cccc(/C(CCN)=N\N)c2)C(C)(C)CCC1. The number of nitrogens with zero attached hydrogens (tertiary/aromatic N) is 1. The minimum Gasteiger partial charge on any atom is -0.330 e. The van der Waals surface area contributed by atoms with Crippen LogP contribution < -0.4 is 11.6 Å². The molecule has 0 heterocycles. The molecule has 0 saturated carbocycles. The smallest absolute Gasteiger partial charge is 0.0685 e. The Labute approximate surface area is 140 Å². The van der Waals surface area contributed by atoms with Gasteiger partial charge in [0.15, 0.2) is 0 Å². The molecular weight excluding hydrogens is 282 g/mol. The molecule has 1 aliphatic rings. The third-order valence-corrected chi connectivity index (χ3v) is 4.74. The topological polar surface area (TPSA) is 64.4 Å². The molecule has 0 amide bonds. The molecule has 0 radical (unpaired) electrons. The van der Waals surface area contributed by atoms with Crippen molar-refractivity contribution in [3.05, 3.63) is 52.6 Å². The van der Waals surface area contributed by atoms with Gasteiger partial charge in [-0.25, -0.2) is 0 Å². The fourth-order valence-electron chi connectivity index (χ4n) is 3.43. The molecule has 3 nitrogen and oxygen atoms in total. The zero-order valence-corrected chi connectivity index (χ0v) is 14.6. The monoisotopic (exact) mass is 311 g/mol. The molecule has 1 aromatic carbocycles. The van der Waals surface area contributed by atoms with E-state index in [4.69, 9.17) is 11.6 Å². The summed E-state index contributed by atoms with van der Waals surface area (Å²) < 4.78 is 0. The summed E-state index contributed by atoms with van der Waals surface area (Å²) in [5, 5.41) is 3.88. The second kappa shape index (κ2) is 7.60. The highest BCUT2D eigenvalue weighted by molar-refractivity contribution is 6.00. The van der Waals surface area contributed by atoms with Crippen molar-refractivity contribution in [3.63, 3.8) is 0 Å². The van der Waals surface area contributed by atoms with Crippen LogP contribution >= 0.6 is 0 Å².